The maximum absolute atomic E-state index is 13.2. The summed E-state index contributed by atoms with van der Waals surface area (Å²) >= 11 is 0. The van der Waals surface area contributed by atoms with Crippen LogP contribution in [0.3, 0.4) is 0 Å². The van der Waals surface area contributed by atoms with E-state index in [0.717, 1.165) is 92.9 Å². The molecule has 7 nitrogen and oxygen atoms in total. The maximum atomic E-state index is 13.2. The Balaban J connectivity index is 1.15. The van der Waals surface area contributed by atoms with Crippen LogP contribution in [0.15, 0.2) is 24.5 Å². The van der Waals surface area contributed by atoms with Crippen molar-refractivity contribution in [2.45, 2.75) is 82.9 Å². The molecule has 0 unspecified atom stereocenters. The molecule has 37 heavy (non-hydrogen) atoms. The Hall–Kier alpha value is -2.38. The lowest BCUT2D eigenvalue weighted by Gasteiger charge is -2.38. The first-order valence-corrected chi connectivity index (χ1v) is 14.8. The van der Waals surface area contributed by atoms with Crippen molar-refractivity contribution in [1.82, 2.24) is 20.0 Å². The van der Waals surface area contributed by atoms with E-state index in [9.17, 15) is 4.79 Å². The van der Waals surface area contributed by atoms with Crippen LogP contribution in [0.5, 0.6) is 5.75 Å². The van der Waals surface area contributed by atoms with E-state index in [2.05, 4.69) is 45.1 Å². The van der Waals surface area contributed by atoms with Gasteiger partial charge in [-0.1, -0.05) is 0 Å². The van der Waals surface area contributed by atoms with E-state index in [-0.39, 0.29) is 12.0 Å². The van der Waals surface area contributed by atoms with E-state index < -0.39 is 0 Å². The van der Waals surface area contributed by atoms with Crippen LogP contribution in [0.4, 0.5) is 5.69 Å². The molecule has 2 aliphatic carbocycles. The van der Waals surface area contributed by atoms with Crippen molar-refractivity contribution in [3.63, 3.8) is 0 Å². The number of rotatable bonds is 7. The molecule has 1 aromatic heterocycles. The number of nitrogens with one attached hydrogen (secondary N) is 1. The van der Waals surface area contributed by atoms with Gasteiger partial charge in [0.1, 0.15) is 5.75 Å². The molecule has 198 valence electrons. The van der Waals surface area contributed by atoms with Gasteiger partial charge >= 0.3 is 0 Å². The van der Waals surface area contributed by atoms with Crippen LogP contribution in [0.2, 0.25) is 0 Å². The highest BCUT2D eigenvalue weighted by Gasteiger charge is 2.39. The zero-order valence-electron chi connectivity index (χ0n) is 22.2. The number of fused-ring (bicyclic) bond motifs is 1. The second-order valence-corrected chi connectivity index (χ2v) is 12.2. The molecule has 2 saturated carbocycles. The van der Waals surface area contributed by atoms with Gasteiger partial charge < -0.3 is 19.9 Å². The molecule has 3 aliphatic heterocycles. The van der Waals surface area contributed by atoms with E-state index in [1.54, 1.807) is 0 Å². The minimum absolute atomic E-state index is 0.221. The van der Waals surface area contributed by atoms with Crippen molar-refractivity contribution in [1.29, 1.82) is 0 Å². The van der Waals surface area contributed by atoms with E-state index in [0.29, 0.717) is 18.1 Å². The molecule has 2 aromatic rings. The van der Waals surface area contributed by atoms with Crippen molar-refractivity contribution in [3.8, 4) is 16.9 Å². The Bertz CT molecular complexity index is 1140. The van der Waals surface area contributed by atoms with Crippen molar-refractivity contribution in [2.24, 2.45) is 11.8 Å². The average molecular weight is 504 g/mol. The Morgan fingerprint density at radius 2 is 1.89 bits per heavy atom. The number of carbonyl (C=O) groups excluding carboxylic acids is 1. The highest BCUT2D eigenvalue weighted by Crippen LogP contribution is 2.46. The third-order valence-corrected chi connectivity index (χ3v) is 9.48. The molecule has 5 aliphatic rings. The van der Waals surface area contributed by atoms with Crippen molar-refractivity contribution in [2.75, 3.05) is 37.6 Å². The molecule has 4 fully saturated rings. The largest absolute Gasteiger partial charge is 0.489 e. The van der Waals surface area contributed by atoms with Crippen LogP contribution in [0.25, 0.3) is 11.1 Å². The van der Waals surface area contributed by atoms with Crippen molar-refractivity contribution >= 4 is 11.6 Å². The number of anilines is 1. The zero-order chi connectivity index (χ0) is 24.9. The summed E-state index contributed by atoms with van der Waals surface area (Å²) in [5, 5.41) is 8.24. The lowest BCUT2D eigenvalue weighted by molar-refractivity contribution is -0.120. The number of piperidine rings is 1. The second kappa shape index (κ2) is 9.73. The topological polar surface area (TPSA) is 62.6 Å². The van der Waals surface area contributed by atoms with Gasteiger partial charge in [-0.15, -0.1) is 0 Å². The Morgan fingerprint density at radius 1 is 1.08 bits per heavy atom. The van der Waals surface area contributed by atoms with Gasteiger partial charge in [-0.2, -0.15) is 5.10 Å². The molecule has 1 aromatic carbocycles. The van der Waals surface area contributed by atoms with Gasteiger partial charge in [-0.3, -0.25) is 9.48 Å². The minimum atomic E-state index is 0.221. The predicted octanol–water partition coefficient (Wildman–Crippen LogP) is 4.42. The highest BCUT2D eigenvalue weighted by molar-refractivity contribution is 5.99. The maximum Gasteiger partial charge on any atom is 0.230 e. The minimum Gasteiger partial charge on any atom is -0.489 e. The molecular weight excluding hydrogens is 462 g/mol. The van der Waals surface area contributed by atoms with Gasteiger partial charge in [0.25, 0.3) is 0 Å². The van der Waals surface area contributed by atoms with Gasteiger partial charge in [0.15, 0.2) is 0 Å². The summed E-state index contributed by atoms with van der Waals surface area (Å²) in [5.41, 5.74) is 4.58. The number of amides is 1. The summed E-state index contributed by atoms with van der Waals surface area (Å²) in [5.74, 6) is 2.37. The molecule has 0 radical (unpaired) electrons. The molecule has 1 amide bonds. The quantitative estimate of drug-likeness (QED) is 0.606. The number of hydrogen-bond donors (Lipinski definition) is 1. The molecule has 1 atom stereocenters. The molecule has 7 heteroatoms. The number of ether oxygens (including phenoxy) is 1. The van der Waals surface area contributed by atoms with Gasteiger partial charge in [-0.25, -0.2) is 0 Å². The number of nitrogens with zero attached hydrogens (tertiary/aromatic N) is 4. The van der Waals surface area contributed by atoms with Crippen LogP contribution in [0, 0.1) is 11.8 Å². The Kier molecular flexibility index (Phi) is 6.24. The summed E-state index contributed by atoms with van der Waals surface area (Å²) in [7, 11) is 0. The first-order valence-electron chi connectivity index (χ1n) is 14.8. The lowest BCUT2D eigenvalue weighted by atomic mass is 9.91. The predicted molar refractivity (Wildman–Crippen MR) is 145 cm³/mol. The first kappa shape index (κ1) is 23.7. The van der Waals surface area contributed by atoms with Gasteiger partial charge in [0.05, 0.1) is 24.0 Å². The molecule has 0 spiro atoms. The summed E-state index contributed by atoms with van der Waals surface area (Å²) < 4.78 is 8.91. The third-order valence-electron chi connectivity index (χ3n) is 9.48. The monoisotopic (exact) mass is 503 g/mol. The summed E-state index contributed by atoms with van der Waals surface area (Å²) in [4.78, 5) is 18.0. The standard InChI is InChI=1S/C30H41N5O2/c1-20-5-8-27-28(35(20)30(36)22-6-7-22)10-9-26(29(27)37-25-3-2-4-25)23-17-32-34(19-23)24-11-13-33(14-12-24)18-21-15-31-16-21/h9-10,17,19-22,24-25,31H,2-8,11-16,18H2,1H3/t20-/m0/s1. The van der Waals surface area contributed by atoms with E-state index in [1.807, 2.05) is 6.20 Å². The summed E-state index contributed by atoms with van der Waals surface area (Å²) in [6.07, 6.45) is 14.4. The summed E-state index contributed by atoms with van der Waals surface area (Å²) in [6, 6.07) is 5.08. The van der Waals surface area contributed by atoms with Crippen LogP contribution < -0.4 is 15.0 Å². The number of aromatic nitrogens is 2. The zero-order valence-corrected chi connectivity index (χ0v) is 22.2. The fraction of sp³-hybridized carbons (Fsp3) is 0.667. The fourth-order valence-electron chi connectivity index (χ4n) is 6.57. The SMILES string of the molecule is C[C@H]1CCc2c(ccc(-c3cnn(C4CCN(CC5CNC5)CC4)c3)c2OC2CCC2)N1C(=O)C1CC1. The van der Waals surface area contributed by atoms with Crippen LogP contribution in [-0.4, -0.2) is 65.5 Å². The highest BCUT2D eigenvalue weighted by atomic mass is 16.5. The van der Waals surface area contributed by atoms with Crippen LogP contribution in [0.1, 0.15) is 69.9 Å². The average Bonchev–Trinajstić information content (AvgIpc) is 3.60. The molecule has 1 N–H and O–H groups in total. The van der Waals surface area contributed by atoms with Crippen molar-refractivity contribution in [3.05, 3.63) is 30.1 Å². The third kappa shape index (κ3) is 4.59. The van der Waals surface area contributed by atoms with Gasteiger partial charge in [0, 0.05) is 67.6 Å². The van der Waals surface area contributed by atoms with E-state index in [1.165, 1.54) is 31.6 Å². The Labute approximate surface area is 220 Å². The molecule has 7 rings (SSSR count). The number of likely N-dealkylation sites (tertiary alicyclic amines) is 1. The molecular formula is C30H41N5O2. The number of carbonyl (C=O) groups is 1. The normalized spacial score (nSPS) is 25.4. The first-order chi connectivity index (χ1) is 18.1. The van der Waals surface area contributed by atoms with E-state index >= 15 is 0 Å². The van der Waals surface area contributed by atoms with Crippen LogP contribution >= 0.6 is 0 Å². The van der Waals surface area contributed by atoms with Crippen LogP contribution in [-0.2, 0) is 11.2 Å². The van der Waals surface area contributed by atoms with Gasteiger partial charge in [0.2, 0.25) is 5.91 Å². The molecule has 4 heterocycles. The molecule has 0 bridgehead atoms. The van der Waals surface area contributed by atoms with Gasteiger partial charge in [-0.05, 0) is 82.8 Å². The second-order valence-electron chi connectivity index (χ2n) is 12.2. The lowest BCUT2D eigenvalue weighted by Crippen LogP contribution is -2.49. The summed E-state index contributed by atoms with van der Waals surface area (Å²) in [6.45, 7) is 8.12. The van der Waals surface area contributed by atoms with E-state index in [4.69, 9.17) is 9.84 Å². The Morgan fingerprint density at radius 3 is 2.57 bits per heavy atom. The fourth-order valence-corrected chi connectivity index (χ4v) is 6.57. The molecule has 2 saturated heterocycles. The number of hydrogen-bond acceptors (Lipinski definition) is 5. The smallest absolute Gasteiger partial charge is 0.230 e. The number of benzene rings is 1. The van der Waals surface area contributed by atoms with Crippen molar-refractivity contribution < 1.29 is 9.53 Å².